The van der Waals surface area contributed by atoms with Crippen LogP contribution in [-0.2, 0) is 20.2 Å². The van der Waals surface area contributed by atoms with Gasteiger partial charge < -0.3 is 4.89 Å². The predicted molar refractivity (Wildman–Crippen MR) is 152 cm³/mol. The molecule has 6 aromatic carbocycles. The van der Waals surface area contributed by atoms with Gasteiger partial charge in [0.2, 0.25) is 0 Å². The van der Waals surface area contributed by atoms with Crippen molar-refractivity contribution >= 4 is 51.7 Å². The van der Waals surface area contributed by atoms with Gasteiger partial charge in [0.25, 0.3) is 0 Å². The molecule has 4 aliphatic rings. The number of hydrogen-bond donors (Lipinski definition) is 1. The van der Waals surface area contributed by atoms with Gasteiger partial charge in [-0.25, -0.2) is 0 Å². The molecule has 10 rings (SSSR count). The summed E-state index contributed by atoms with van der Waals surface area (Å²) in [6.07, 6.45) is 1.54. The zero-order valence-electron chi connectivity index (χ0n) is 20.5. The van der Waals surface area contributed by atoms with Crippen LogP contribution in [-0.4, -0.2) is 4.89 Å². The molecule has 0 bridgehead atoms. The third-order valence-electron chi connectivity index (χ3n) is 10.1. The Morgan fingerprint density at radius 3 is 1.37 bits per heavy atom. The first kappa shape index (κ1) is 20.6. The molecule has 3 nitrogen and oxygen atoms in total. The van der Waals surface area contributed by atoms with Crippen molar-refractivity contribution in [1.29, 1.82) is 0 Å². The molecular formula is C34H23O3P. The van der Waals surface area contributed by atoms with Crippen LogP contribution in [0, 0.1) is 0 Å². The third kappa shape index (κ3) is 2.14. The second-order valence-corrected chi connectivity index (χ2v) is 12.4. The van der Waals surface area contributed by atoms with Crippen LogP contribution < -0.4 is 0 Å². The van der Waals surface area contributed by atoms with E-state index in [2.05, 4.69) is 97.1 Å². The zero-order chi connectivity index (χ0) is 24.8. The minimum atomic E-state index is -2.03. The highest BCUT2D eigenvalue weighted by Gasteiger charge is 2.70. The molecule has 2 fully saturated rings. The normalized spacial score (nSPS) is 30.3. The molecule has 1 aliphatic heterocycles. The summed E-state index contributed by atoms with van der Waals surface area (Å²) in [7, 11) is -2.03. The zero-order valence-corrected chi connectivity index (χ0v) is 21.4. The highest BCUT2D eigenvalue weighted by molar-refractivity contribution is 7.41. The Bertz CT molecular complexity index is 1900. The lowest BCUT2D eigenvalue weighted by Crippen LogP contribution is -2.54. The van der Waals surface area contributed by atoms with Crippen LogP contribution in [0.3, 0.4) is 0 Å². The number of benzene rings is 6. The van der Waals surface area contributed by atoms with Crippen LogP contribution in [0.5, 0.6) is 0 Å². The van der Waals surface area contributed by atoms with E-state index in [1.165, 1.54) is 65.3 Å². The summed E-state index contributed by atoms with van der Waals surface area (Å²) in [5.41, 5.74) is 3.64. The first-order valence-corrected chi connectivity index (χ1v) is 14.6. The van der Waals surface area contributed by atoms with E-state index < -0.39 is 19.8 Å². The summed E-state index contributed by atoms with van der Waals surface area (Å²) >= 11 is 0. The number of rotatable bonds is 0. The minimum Gasteiger partial charge on any atom is -0.328 e. The molecule has 1 heterocycles. The average Bonchev–Trinajstić information content (AvgIpc) is 3.27. The molecule has 1 saturated carbocycles. The fourth-order valence-corrected chi connectivity index (χ4v) is 10.0. The van der Waals surface area contributed by atoms with Crippen molar-refractivity contribution in [2.75, 3.05) is 0 Å². The molecule has 4 unspecified atom stereocenters. The van der Waals surface area contributed by atoms with Gasteiger partial charge in [0.15, 0.2) is 0 Å². The molecule has 182 valence electrons. The predicted octanol–water partition coefficient (Wildman–Crippen LogP) is 8.64. The molecule has 0 spiro atoms. The van der Waals surface area contributed by atoms with Gasteiger partial charge in [-0.05, 0) is 90.0 Å². The van der Waals surface area contributed by atoms with E-state index in [0.717, 1.165) is 12.8 Å². The second kappa shape index (κ2) is 6.62. The highest BCUT2D eigenvalue weighted by Crippen LogP contribution is 2.76. The maximum Gasteiger partial charge on any atom is 0.331 e. The van der Waals surface area contributed by atoms with Gasteiger partial charge >= 0.3 is 8.60 Å². The SMILES string of the molecule is OP1OC23CC4c5cccc6ccc7cccc(c7c56)C4CC2(O1)c1cccc2ccc4cccc3c4c12. The lowest BCUT2D eigenvalue weighted by atomic mass is 9.52. The molecule has 0 radical (unpaired) electrons. The van der Waals surface area contributed by atoms with Gasteiger partial charge in [-0.1, -0.05) is 97.1 Å². The van der Waals surface area contributed by atoms with E-state index in [1.54, 1.807) is 0 Å². The van der Waals surface area contributed by atoms with E-state index in [9.17, 15) is 4.89 Å². The molecule has 3 aliphatic carbocycles. The Morgan fingerprint density at radius 2 is 0.921 bits per heavy atom. The fourth-order valence-electron chi connectivity index (χ4n) is 8.81. The summed E-state index contributed by atoms with van der Waals surface area (Å²) < 4.78 is 13.5. The topological polar surface area (TPSA) is 38.7 Å². The Kier molecular flexibility index (Phi) is 3.59. The van der Waals surface area contributed by atoms with Crippen molar-refractivity contribution in [3.05, 3.63) is 119 Å². The maximum absolute atomic E-state index is 11.2. The summed E-state index contributed by atoms with van der Waals surface area (Å²) in [6, 6.07) is 35.6. The van der Waals surface area contributed by atoms with Crippen LogP contribution in [0.2, 0.25) is 0 Å². The van der Waals surface area contributed by atoms with Gasteiger partial charge in [0, 0.05) is 0 Å². The largest absolute Gasteiger partial charge is 0.331 e. The standard InChI is InChI=1S/C34H23O3P/c35-38-36-33-17-25-23-9-1-5-19-13-14-20-6-2-10-24(30(20)29(19)23)26(25)18-34(33,37-38)28-12-4-8-22-16-15-21-7-3-11-27(33)31(21)32(22)28/h1-16,25-26,35H,17-18H2. The van der Waals surface area contributed by atoms with Crippen LogP contribution in [0.25, 0.3) is 43.1 Å². The Hall–Kier alpha value is -3.33. The molecule has 1 saturated heterocycles. The summed E-state index contributed by atoms with van der Waals surface area (Å²) in [6.45, 7) is 0. The van der Waals surface area contributed by atoms with E-state index in [4.69, 9.17) is 9.05 Å². The Labute approximate surface area is 220 Å². The fraction of sp³-hybridized carbons (Fsp3) is 0.176. The van der Waals surface area contributed by atoms with Crippen molar-refractivity contribution in [3.8, 4) is 0 Å². The lowest BCUT2D eigenvalue weighted by Gasteiger charge is -2.55. The minimum absolute atomic E-state index is 0.261. The highest BCUT2D eigenvalue weighted by atomic mass is 31.2. The van der Waals surface area contributed by atoms with Crippen molar-refractivity contribution in [2.45, 2.75) is 35.9 Å². The maximum atomic E-state index is 11.2. The van der Waals surface area contributed by atoms with E-state index in [0.29, 0.717) is 0 Å². The summed E-state index contributed by atoms with van der Waals surface area (Å²) in [5, 5.41) is 10.3. The quantitative estimate of drug-likeness (QED) is 0.164. The monoisotopic (exact) mass is 510 g/mol. The smallest absolute Gasteiger partial charge is 0.328 e. The van der Waals surface area contributed by atoms with Crippen molar-refractivity contribution in [2.24, 2.45) is 0 Å². The Morgan fingerprint density at radius 1 is 0.526 bits per heavy atom. The van der Waals surface area contributed by atoms with Gasteiger partial charge in [-0.2, -0.15) is 0 Å². The van der Waals surface area contributed by atoms with Crippen molar-refractivity contribution in [3.63, 3.8) is 0 Å². The molecule has 4 heteroatoms. The van der Waals surface area contributed by atoms with E-state index in [1.807, 2.05) is 0 Å². The summed E-state index contributed by atoms with van der Waals surface area (Å²) in [5.74, 6) is 0.522. The molecule has 38 heavy (non-hydrogen) atoms. The van der Waals surface area contributed by atoms with Crippen molar-refractivity contribution in [1.82, 2.24) is 0 Å². The average molecular weight is 511 g/mol. The van der Waals surface area contributed by atoms with Gasteiger partial charge in [0.1, 0.15) is 11.2 Å². The Balaban J connectivity index is 1.36. The lowest BCUT2D eigenvalue weighted by molar-refractivity contribution is -0.105. The molecule has 1 N–H and O–H groups in total. The summed E-state index contributed by atoms with van der Waals surface area (Å²) in [4.78, 5) is 11.2. The van der Waals surface area contributed by atoms with Crippen molar-refractivity contribution < 1.29 is 13.9 Å². The molecular weight excluding hydrogens is 487 g/mol. The van der Waals surface area contributed by atoms with Crippen LogP contribution in [0.1, 0.15) is 46.9 Å². The third-order valence-corrected chi connectivity index (χ3v) is 11.1. The molecule has 6 aromatic rings. The first-order valence-electron chi connectivity index (χ1n) is 13.5. The number of fused-ring (bicyclic) bond motifs is 3. The molecule has 4 atom stereocenters. The van der Waals surface area contributed by atoms with Gasteiger partial charge in [0.05, 0.1) is 0 Å². The molecule has 0 amide bonds. The van der Waals surface area contributed by atoms with E-state index in [-0.39, 0.29) is 11.8 Å². The van der Waals surface area contributed by atoms with Crippen LogP contribution in [0.15, 0.2) is 97.1 Å². The van der Waals surface area contributed by atoms with Crippen LogP contribution >= 0.6 is 8.60 Å². The van der Waals surface area contributed by atoms with E-state index >= 15 is 0 Å². The first-order chi connectivity index (χ1) is 18.7. The van der Waals surface area contributed by atoms with Gasteiger partial charge in [-0.3, -0.25) is 9.05 Å². The van der Waals surface area contributed by atoms with Gasteiger partial charge in [-0.15, -0.1) is 0 Å². The molecule has 0 aromatic heterocycles. The second-order valence-electron chi connectivity index (χ2n) is 11.5. The van der Waals surface area contributed by atoms with Crippen LogP contribution in [0.4, 0.5) is 0 Å². The number of hydrogen-bond acceptors (Lipinski definition) is 3.